The minimum absolute atomic E-state index is 0.223. The van der Waals surface area contributed by atoms with E-state index < -0.39 is 0 Å². The van der Waals surface area contributed by atoms with E-state index in [2.05, 4.69) is 59.2 Å². The summed E-state index contributed by atoms with van der Waals surface area (Å²) in [6.45, 7) is 6.19. The van der Waals surface area contributed by atoms with Crippen LogP contribution in [0.4, 0.5) is 5.69 Å². The van der Waals surface area contributed by atoms with Gasteiger partial charge in [-0.15, -0.1) is 0 Å². The molecule has 2 aromatic rings. The van der Waals surface area contributed by atoms with Crippen LogP contribution in [0.5, 0.6) is 0 Å². The Morgan fingerprint density at radius 3 is 2.44 bits per heavy atom. The molecule has 0 spiro atoms. The maximum Gasteiger partial charge on any atom is 0.0654 e. The quantitative estimate of drug-likeness (QED) is 0.429. The zero-order valence-corrected chi connectivity index (χ0v) is 20.9. The van der Waals surface area contributed by atoms with Crippen LogP contribution in [0, 0.1) is 0 Å². The number of piperidine rings is 1. The lowest BCUT2D eigenvalue weighted by Gasteiger charge is -2.45. The van der Waals surface area contributed by atoms with Gasteiger partial charge in [0.25, 0.3) is 0 Å². The van der Waals surface area contributed by atoms with Gasteiger partial charge in [0.1, 0.15) is 0 Å². The summed E-state index contributed by atoms with van der Waals surface area (Å²) >= 11 is 19.0. The van der Waals surface area contributed by atoms with Gasteiger partial charge in [-0.3, -0.25) is 4.90 Å². The van der Waals surface area contributed by atoms with Gasteiger partial charge in [0.15, 0.2) is 0 Å². The Kier molecular flexibility index (Phi) is 7.73. The van der Waals surface area contributed by atoms with Crippen molar-refractivity contribution in [3.05, 3.63) is 87.0 Å². The van der Waals surface area contributed by atoms with E-state index in [1.54, 1.807) is 0 Å². The highest BCUT2D eigenvalue weighted by molar-refractivity contribution is 6.36. The van der Waals surface area contributed by atoms with E-state index >= 15 is 0 Å². The smallest absolute Gasteiger partial charge is 0.0654 e. The number of halogens is 3. The normalized spacial score (nSPS) is 21.2. The van der Waals surface area contributed by atoms with E-state index in [0.717, 1.165) is 49.7 Å². The molecule has 6 heteroatoms. The molecule has 2 unspecified atom stereocenters. The third-order valence-corrected chi connectivity index (χ3v) is 7.33. The largest absolute Gasteiger partial charge is 0.377 e. The Morgan fingerprint density at radius 1 is 1.03 bits per heavy atom. The van der Waals surface area contributed by atoms with E-state index in [1.165, 1.54) is 11.1 Å². The second kappa shape index (κ2) is 10.5. The summed E-state index contributed by atoms with van der Waals surface area (Å²) in [4.78, 5) is 7.25. The molecule has 2 aliphatic rings. The number of anilines is 1. The predicted octanol–water partition coefficient (Wildman–Crippen LogP) is 7.06. The SMILES string of the molecule is CCN(CC1=CCN(C)C=C1)C1CCN(c2ccc(Cl)cc2Cl)C(c2ccc(Cl)cc2)C1. The first-order valence-corrected chi connectivity index (χ1v) is 12.4. The van der Waals surface area contributed by atoms with Crippen LogP contribution in [0.2, 0.25) is 15.1 Å². The topological polar surface area (TPSA) is 9.72 Å². The first-order valence-electron chi connectivity index (χ1n) is 11.2. The zero-order valence-electron chi connectivity index (χ0n) is 18.6. The van der Waals surface area contributed by atoms with E-state index in [9.17, 15) is 0 Å². The molecule has 0 aromatic heterocycles. The Balaban J connectivity index is 1.59. The molecule has 2 atom stereocenters. The Morgan fingerprint density at radius 2 is 1.78 bits per heavy atom. The van der Waals surface area contributed by atoms with E-state index in [0.29, 0.717) is 16.1 Å². The number of benzene rings is 2. The molecule has 0 saturated carbocycles. The molecule has 1 saturated heterocycles. The molecule has 0 N–H and O–H groups in total. The molecule has 2 heterocycles. The van der Waals surface area contributed by atoms with Crippen molar-refractivity contribution in [1.82, 2.24) is 9.80 Å². The van der Waals surface area contributed by atoms with Crippen molar-refractivity contribution in [1.29, 1.82) is 0 Å². The monoisotopic (exact) mass is 489 g/mol. The molecule has 0 aliphatic carbocycles. The van der Waals surface area contributed by atoms with Crippen LogP contribution < -0.4 is 4.90 Å². The molecule has 3 nitrogen and oxygen atoms in total. The summed E-state index contributed by atoms with van der Waals surface area (Å²) in [5.41, 5.74) is 3.70. The molecule has 2 aliphatic heterocycles. The minimum Gasteiger partial charge on any atom is -0.377 e. The van der Waals surface area contributed by atoms with Crippen LogP contribution in [0.25, 0.3) is 0 Å². The summed E-state index contributed by atoms with van der Waals surface area (Å²) in [5.74, 6) is 0. The maximum atomic E-state index is 6.63. The van der Waals surface area contributed by atoms with Gasteiger partial charge in [-0.2, -0.15) is 0 Å². The van der Waals surface area contributed by atoms with Crippen LogP contribution in [-0.2, 0) is 0 Å². The average Bonchev–Trinajstić information content (AvgIpc) is 2.79. The van der Waals surface area contributed by atoms with Gasteiger partial charge in [-0.05, 0) is 73.1 Å². The summed E-state index contributed by atoms with van der Waals surface area (Å²) < 4.78 is 0. The van der Waals surface area contributed by atoms with E-state index in [-0.39, 0.29) is 6.04 Å². The van der Waals surface area contributed by atoms with Gasteiger partial charge in [0, 0.05) is 42.8 Å². The van der Waals surface area contributed by atoms with Gasteiger partial charge in [-0.25, -0.2) is 0 Å². The van der Waals surface area contributed by atoms with Gasteiger partial charge in [-0.1, -0.05) is 59.9 Å². The van der Waals surface area contributed by atoms with Crippen molar-refractivity contribution in [3.8, 4) is 0 Å². The molecule has 0 radical (unpaired) electrons. The second-order valence-electron chi connectivity index (χ2n) is 8.63. The van der Waals surface area contributed by atoms with Crippen LogP contribution in [-0.4, -0.2) is 49.1 Å². The highest BCUT2D eigenvalue weighted by atomic mass is 35.5. The number of nitrogens with zero attached hydrogens (tertiary/aromatic N) is 3. The van der Waals surface area contributed by atoms with Gasteiger partial charge in [0.05, 0.1) is 16.8 Å². The Bertz CT molecular complexity index is 986. The third-order valence-electron chi connectivity index (χ3n) is 6.54. The van der Waals surface area contributed by atoms with E-state index in [4.69, 9.17) is 34.8 Å². The molecular weight excluding hydrogens is 461 g/mol. The number of hydrogen-bond acceptors (Lipinski definition) is 3. The highest BCUT2D eigenvalue weighted by Crippen LogP contribution is 2.40. The van der Waals surface area contributed by atoms with Crippen molar-refractivity contribution in [3.63, 3.8) is 0 Å². The Hall–Kier alpha value is -1.65. The minimum atomic E-state index is 0.223. The summed E-state index contributed by atoms with van der Waals surface area (Å²) in [6.07, 6.45) is 8.87. The summed E-state index contributed by atoms with van der Waals surface area (Å²) in [6, 6.07) is 14.8. The van der Waals surface area contributed by atoms with Crippen molar-refractivity contribution in [2.24, 2.45) is 0 Å². The molecule has 4 rings (SSSR count). The summed E-state index contributed by atoms with van der Waals surface area (Å²) in [7, 11) is 2.11. The molecular formula is C26H30Cl3N3. The van der Waals surface area contributed by atoms with Crippen molar-refractivity contribution >= 4 is 40.5 Å². The molecule has 0 bridgehead atoms. The third kappa shape index (κ3) is 5.46. The molecule has 170 valence electrons. The average molecular weight is 491 g/mol. The number of likely N-dealkylation sites (N-methyl/N-ethyl adjacent to an activating group) is 2. The van der Waals surface area contributed by atoms with Gasteiger partial charge >= 0.3 is 0 Å². The first kappa shape index (κ1) is 23.5. The fourth-order valence-corrected chi connectivity index (χ4v) is 5.39. The predicted molar refractivity (Wildman–Crippen MR) is 138 cm³/mol. The van der Waals surface area contributed by atoms with Crippen molar-refractivity contribution < 1.29 is 0 Å². The van der Waals surface area contributed by atoms with Crippen molar-refractivity contribution in [2.45, 2.75) is 31.8 Å². The molecule has 2 aromatic carbocycles. The van der Waals surface area contributed by atoms with Gasteiger partial charge < -0.3 is 9.80 Å². The second-order valence-corrected chi connectivity index (χ2v) is 9.91. The first-order chi connectivity index (χ1) is 15.4. The maximum absolute atomic E-state index is 6.63. The van der Waals surface area contributed by atoms with Crippen LogP contribution in [0.1, 0.15) is 31.4 Å². The lowest BCUT2D eigenvalue weighted by Crippen LogP contribution is -2.47. The molecule has 32 heavy (non-hydrogen) atoms. The van der Waals surface area contributed by atoms with Crippen LogP contribution in [0.3, 0.4) is 0 Å². The standard InChI is InChI=1S/C26H30Cl3N3/c1-3-31(18-19-10-13-30(2)14-11-19)23-12-15-32(25-9-8-22(28)16-24(25)29)26(17-23)20-4-6-21(27)7-5-20/h4-11,13,16,23,26H,3,12,14-15,17-18H2,1-2H3. The van der Waals surface area contributed by atoms with Gasteiger partial charge in [0.2, 0.25) is 0 Å². The van der Waals surface area contributed by atoms with Crippen molar-refractivity contribution in [2.75, 3.05) is 38.1 Å². The summed E-state index contributed by atoms with van der Waals surface area (Å²) in [5, 5.41) is 2.12. The highest BCUT2D eigenvalue weighted by Gasteiger charge is 2.33. The van der Waals surface area contributed by atoms with Crippen LogP contribution >= 0.6 is 34.8 Å². The van der Waals surface area contributed by atoms with Crippen LogP contribution in [0.15, 0.2) is 66.4 Å². The lowest BCUT2D eigenvalue weighted by atomic mass is 9.90. The Labute approximate surface area is 206 Å². The fourth-order valence-electron chi connectivity index (χ4n) is 4.75. The van der Waals surface area contributed by atoms with E-state index in [1.807, 2.05) is 30.3 Å². The zero-order chi connectivity index (χ0) is 22.7. The number of rotatable bonds is 6. The number of hydrogen-bond donors (Lipinski definition) is 0. The lowest BCUT2D eigenvalue weighted by molar-refractivity contribution is 0.175. The molecule has 0 amide bonds. The fraction of sp³-hybridized carbons (Fsp3) is 0.385. The molecule has 1 fully saturated rings.